The molecule has 0 aromatic heterocycles. The van der Waals surface area contributed by atoms with E-state index in [4.69, 9.17) is 0 Å². The first-order valence-electron chi connectivity index (χ1n) is 5.06. The smallest absolute Gasteiger partial charge is 0.744 e. The van der Waals surface area contributed by atoms with Crippen LogP contribution < -0.4 is 103 Å². The summed E-state index contributed by atoms with van der Waals surface area (Å²) in [7, 11) is -9.52. The van der Waals surface area contributed by atoms with Crippen LogP contribution in [0.1, 0.15) is 5.56 Å². The standard InChI is InChI=1S/C11H10O6S2.2K/c1-7-5-6-8-9(11(7)19(15,16)17)3-2-4-10(8)18(12,13)14;;/h2-6H,1H3,(H,12,13,14)(H,15,16,17);;/q;2*+1/p-2. The second-order valence-corrected chi connectivity index (χ2v) is 6.64. The zero-order valence-electron chi connectivity index (χ0n) is 11.7. The molecule has 0 bridgehead atoms. The van der Waals surface area contributed by atoms with Gasteiger partial charge in [0.15, 0.2) is 0 Å². The molecule has 2 aromatic carbocycles. The Morgan fingerprint density at radius 3 is 1.86 bits per heavy atom. The first kappa shape index (κ1) is 22.8. The maximum absolute atomic E-state index is 11.2. The summed E-state index contributed by atoms with van der Waals surface area (Å²) in [5.41, 5.74) is 0.197. The number of aryl methyl sites for hydroxylation is 1. The molecule has 0 radical (unpaired) electrons. The summed E-state index contributed by atoms with van der Waals surface area (Å²) in [5, 5.41) is -0.135. The molecule has 0 aliphatic rings. The molecule has 0 atom stereocenters. The molecular weight excluding hydrogens is 370 g/mol. The molecule has 6 nitrogen and oxygen atoms in total. The average Bonchev–Trinajstić information content (AvgIpc) is 2.24. The molecule has 0 saturated carbocycles. The van der Waals surface area contributed by atoms with Crippen molar-refractivity contribution in [2.24, 2.45) is 0 Å². The normalized spacial score (nSPS) is 11.6. The maximum Gasteiger partial charge on any atom is 1.00 e. The van der Waals surface area contributed by atoms with E-state index in [0.717, 1.165) is 6.07 Å². The van der Waals surface area contributed by atoms with Crippen LogP contribution in [-0.2, 0) is 20.2 Å². The molecule has 0 amide bonds. The zero-order valence-corrected chi connectivity index (χ0v) is 19.5. The molecule has 0 N–H and O–H groups in total. The number of fused-ring (bicyclic) bond motifs is 1. The van der Waals surface area contributed by atoms with Crippen molar-refractivity contribution in [3.05, 3.63) is 35.9 Å². The topological polar surface area (TPSA) is 114 Å². The average molecular weight is 379 g/mol. The van der Waals surface area contributed by atoms with Crippen molar-refractivity contribution in [2.45, 2.75) is 16.7 Å². The molecule has 0 fully saturated rings. The van der Waals surface area contributed by atoms with Crippen molar-refractivity contribution in [1.82, 2.24) is 0 Å². The third kappa shape index (κ3) is 5.13. The van der Waals surface area contributed by atoms with Crippen LogP contribution in [0.2, 0.25) is 0 Å². The summed E-state index contributed by atoms with van der Waals surface area (Å²) in [5.74, 6) is 0. The summed E-state index contributed by atoms with van der Waals surface area (Å²) < 4.78 is 67.1. The minimum absolute atomic E-state index is 0. The third-order valence-electron chi connectivity index (χ3n) is 2.69. The number of rotatable bonds is 2. The van der Waals surface area contributed by atoms with Crippen molar-refractivity contribution < 1.29 is 129 Å². The van der Waals surface area contributed by atoms with Crippen LogP contribution in [0.4, 0.5) is 0 Å². The van der Waals surface area contributed by atoms with E-state index in [0.29, 0.717) is 0 Å². The minimum Gasteiger partial charge on any atom is -0.744 e. The van der Waals surface area contributed by atoms with Crippen molar-refractivity contribution in [3.8, 4) is 0 Å². The molecule has 0 unspecified atom stereocenters. The van der Waals surface area contributed by atoms with Gasteiger partial charge in [-0.25, -0.2) is 16.8 Å². The first-order chi connectivity index (χ1) is 8.62. The maximum atomic E-state index is 11.2. The first-order valence-corrected chi connectivity index (χ1v) is 7.88. The van der Waals surface area contributed by atoms with Crippen LogP contribution in [0.25, 0.3) is 10.8 Å². The van der Waals surface area contributed by atoms with Gasteiger partial charge in [-0.1, -0.05) is 24.3 Å². The summed E-state index contributed by atoms with van der Waals surface area (Å²) in [6, 6.07) is 6.19. The van der Waals surface area contributed by atoms with E-state index in [1.165, 1.54) is 31.2 Å². The minimum atomic E-state index is -4.77. The molecule has 10 heteroatoms. The Morgan fingerprint density at radius 2 is 1.38 bits per heavy atom. The quantitative estimate of drug-likeness (QED) is 0.382. The predicted octanol–water partition coefficient (Wildman–Crippen LogP) is -5.04. The molecule has 0 heterocycles. The largest absolute Gasteiger partial charge is 1.00 e. The Bertz CT molecular complexity index is 875. The van der Waals surface area contributed by atoms with Crippen LogP contribution >= 0.6 is 0 Å². The fourth-order valence-corrected chi connectivity index (χ4v) is 3.56. The van der Waals surface area contributed by atoms with Crippen LogP contribution in [0.3, 0.4) is 0 Å². The van der Waals surface area contributed by atoms with Gasteiger partial charge in [-0.2, -0.15) is 0 Å². The third-order valence-corrected chi connectivity index (χ3v) is 4.62. The van der Waals surface area contributed by atoms with Crippen molar-refractivity contribution in [2.75, 3.05) is 0 Å². The van der Waals surface area contributed by atoms with Gasteiger partial charge in [-0.15, -0.1) is 0 Å². The molecular formula is C11H8K2O6S2. The van der Waals surface area contributed by atoms with Gasteiger partial charge in [-0.05, 0) is 18.6 Å². The van der Waals surface area contributed by atoms with Crippen molar-refractivity contribution in [3.63, 3.8) is 0 Å². The summed E-state index contributed by atoms with van der Waals surface area (Å²) in [6.45, 7) is 1.42. The number of hydrogen-bond donors (Lipinski definition) is 0. The van der Waals surface area contributed by atoms with E-state index in [-0.39, 0.29) is 119 Å². The second-order valence-electron chi connectivity index (χ2n) is 3.97. The predicted molar refractivity (Wildman–Crippen MR) is 64.6 cm³/mol. The monoisotopic (exact) mass is 378 g/mol. The fourth-order valence-electron chi connectivity index (χ4n) is 1.96. The van der Waals surface area contributed by atoms with Crippen LogP contribution in [0.15, 0.2) is 40.1 Å². The van der Waals surface area contributed by atoms with Gasteiger partial charge < -0.3 is 9.11 Å². The Morgan fingerprint density at radius 1 is 0.810 bits per heavy atom. The molecule has 0 spiro atoms. The van der Waals surface area contributed by atoms with Gasteiger partial charge >= 0.3 is 103 Å². The molecule has 0 aliphatic heterocycles. The summed E-state index contributed by atoms with van der Waals surface area (Å²) in [4.78, 5) is -1.05. The van der Waals surface area contributed by atoms with Crippen LogP contribution in [-0.4, -0.2) is 25.9 Å². The van der Waals surface area contributed by atoms with E-state index in [2.05, 4.69) is 0 Å². The zero-order chi connectivity index (χ0) is 14.4. The van der Waals surface area contributed by atoms with E-state index >= 15 is 0 Å². The van der Waals surface area contributed by atoms with E-state index in [9.17, 15) is 25.9 Å². The molecule has 0 aliphatic carbocycles. The van der Waals surface area contributed by atoms with Gasteiger partial charge in [-0.3, -0.25) is 0 Å². The molecule has 2 aromatic rings. The van der Waals surface area contributed by atoms with E-state index < -0.39 is 30.0 Å². The van der Waals surface area contributed by atoms with Gasteiger partial charge in [0.1, 0.15) is 20.2 Å². The van der Waals surface area contributed by atoms with Crippen molar-refractivity contribution in [1.29, 1.82) is 0 Å². The second kappa shape index (κ2) is 8.25. The van der Waals surface area contributed by atoms with Gasteiger partial charge in [0.2, 0.25) is 0 Å². The summed E-state index contributed by atoms with van der Waals surface area (Å²) in [6.07, 6.45) is 0. The Labute approximate surface area is 208 Å². The molecule has 21 heavy (non-hydrogen) atoms. The SMILES string of the molecule is Cc1ccc2c(S(=O)(=O)[O-])cccc2c1S(=O)(=O)[O-].[K+].[K+]. The molecule has 0 saturated heterocycles. The van der Waals surface area contributed by atoms with Crippen molar-refractivity contribution >= 4 is 31.0 Å². The number of benzene rings is 2. The Balaban J connectivity index is 0.00000200. The Hall–Kier alpha value is 1.79. The fraction of sp³-hybridized carbons (Fsp3) is 0.0909. The number of hydrogen-bond acceptors (Lipinski definition) is 6. The van der Waals surface area contributed by atoms with E-state index in [1.807, 2.05) is 0 Å². The molecule has 2 rings (SSSR count). The summed E-state index contributed by atoms with van der Waals surface area (Å²) >= 11 is 0. The Kier molecular flexibility index (Phi) is 8.95. The molecule has 102 valence electrons. The van der Waals surface area contributed by atoms with Gasteiger partial charge in [0.25, 0.3) is 0 Å². The van der Waals surface area contributed by atoms with E-state index in [1.54, 1.807) is 0 Å². The van der Waals surface area contributed by atoms with Gasteiger partial charge in [0, 0.05) is 10.8 Å². The van der Waals surface area contributed by atoms with Crippen LogP contribution in [0, 0.1) is 6.92 Å². The van der Waals surface area contributed by atoms with Gasteiger partial charge in [0.05, 0.1) is 9.79 Å². The van der Waals surface area contributed by atoms with Crippen LogP contribution in [0.5, 0.6) is 0 Å².